The number of methoxy groups -OCH3 is 1. The van der Waals surface area contributed by atoms with Gasteiger partial charge in [-0.1, -0.05) is 29.8 Å². The summed E-state index contributed by atoms with van der Waals surface area (Å²) in [6.07, 6.45) is 2.41. The number of rotatable bonds is 2. The SMILES string of the molecule is COC(=C1CC1)c1ccc(C)cc1. The molecule has 1 aliphatic carbocycles. The minimum atomic E-state index is 1.08. The zero-order valence-electron chi connectivity index (χ0n) is 8.13. The molecule has 1 aromatic rings. The molecule has 68 valence electrons. The van der Waals surface area contributed by atoms with Gasteiger partial charge in [0, 0.05) is 5.56 Å². The van der Waals surface area contributed by atoms with Crippen LogP contribution >= 0.6 is 0 Å². The van der Waals surface area contributed by atoms with Crippen LogP contribution in [0.1, 0.15) is 24.0 Å². The van der Waals surface area contributed by atoms with Crippen LogP contribution in [0.3, 0.4) is 0 Å². The van der Waals surface area contributed by atoms with Crippen LogP contribution < -0.4 is 0 Å². The van der Waals surface area contributed by atoms with E-state index in [1.165, 1.54) is 29.5 Å². The molecule has 1 heteroatoms. The lowest BCUT2D eigenvalue weighted by atomic mass is 10.1. The van der Waals surface area contributed by atoms with Crippen LogP contribution in [0.15, 0.2) is 29.8 Å². The van der Waals surface area contributed by atoms with Crippen LogP contribution in [0, 0.1) is 6.92 Å². The molecule has 0 heterocycles. The number of hydrogen-bond acceptors (Lipinski definition) is 1. The first kappa shape index (κ1) is 8.36. The van der Waals surface area contributed by atoms with Crippen LogP contribution in [0.5, 0.6) is 0 Å². The Bertz CT molecular complexity index is 327. The van der Waals surface area contributed by atoms with Gasteiger partial charge in [0.2, 0.25) is 0 Å². The minimum Gasteiger partial charge on any atom is -0.496 e. The smallest absolute Gasteiger partial charge is 0.125 e. The second kappa shape index (κ2) is 3.25. The van der Waals surface area contributed by atoms with Crippen LogP contribution in [0.4, 0.5) is 0 Å². The lowest BCUT2D eigenvalue weighted by Gasteiger charge is -2.05. The number of ether oxygens (including phenoxy) is 1. The van der Waals surface area contributed by atoms with Crippen molar-refractivity contribution < 1.29 is 4.74 Å². The highest BCUT2D eigenvalue weighted by molar-refractivity contribution is 5.66. The molecule has 0 radical (unpaired) electrons. The Balaban J connectivity index is 2.34. The summed E-state index contributed by atoms with van der Waals surface area (Å²) in [4.78, 5) is 0. The van der Waals surface area contributed by atoms with Crippen molar-refractivity contribution in [3.8, 4) is 0 Å². The van der Waals surface area contributed by atoms with Gasteiger partial charge in [-0.05, 0) is 25.3 Å². The van der Waals surface area contributed by atoms with Gasteiger partial charge in [0.05, 0.1) is 7.11 Å². The number of allylic oxidation sites excluding steroid dienone is 1. The lowest BCUT2D eigenvalue weighted by Crippen LogP contribution is -1.87. The maximum Gasteiger partial charge on any atom is 0.125 e. The monoisotopic (exact) mass is 174 g/mol. The zero-order chi connectivity index (χ0) is 9.26. The molecule has 2 rings (SSSR count). The van der Waals surface area contributed by atoms with Crippen molar-refractivity contribution >= 4 is 5.76 Å². The average Bonchev–Trinajstić information content (AvgIpc) is 2.93. The van der Waals surface area contributed by atoms with Gasteiger partial charge in [0.1, 0.15) is 5.76 Å². The van der Waals surface area contributed by atoms with E-state index in [-0.39, 0.29) is 0 Å². The fourth-order valence-corrected chi connectivity index (χ4v) is 1.46. The molecular formula is C12H14O. The van der Waals surface area contributed by atoms with Crippen LogP contribution in [0.2, 0.25) is 0 Å². The summed E-state index contributed by atoms with van der Waals surface area (Å²) in [5, 5.41) is 0. The van der Waals surface area contributed by atoms with Crippen LogP contribution in [0.25, 0.3) is 5.76 Å². The molecule has 1 saturated carbocycles. The molecular weight excluding hydrogens is 160 g/mol. The molecule has 13 heavy (non-hydrogen) atoms. The molecule has 1 nitrogen and oxygen atoms in total. The molecule has 0 bridgehead atoms. The third-order valence-electron chi connectivity index (χ3n) is 2.34. The molecule has 0 aromatic heterocycles. The van der Waals surface area contributed by atoms with E-state index in [1.54, 1.807) is 7.11 Å². The van der Waals surface area contributed by atoms with Crippen molar-refractivity contribution in [2.45, 2.75) is 19.8 Å². The van der Waals surface area contributed by atoms with E-state index in [0.29, 0.717) is 0 Å². The normalized spacial score (nSPS) is 14.2. The van der Waals surface area contributed by atoms with Crippen molar-refractivity contribution in [3.63, 3.8) is 0 Å². The maximum atomic E-state index is 5.38. The Morgan fingerprint density at radius 3 is 2.23 bits per heavy atom. The average molecular weight is 174 g/mol. The van der Waals surface area contributed by atoms with E-state index in [1.807, 2.05) is 0 Å². The van der Waals surface area contributed by atoms with Crippen molar-refractivity contribution in [2.75, 3.05) is 7.11 Å². The predicted octanol–water partition coefficient (Wildman–Crippen LogP) is 3.15. The van der Waals surface area contributed by atoms with Gasteiger partial charge in [0.15, 0.2) is 0 Å². The maximum absolute atomic E-state index is 5.38. The summed E-state index contributed by atoms with van der Waals surface area (Å²) in [6, 6.07) is 8.49. The summed E-state index contributed by atoms with van der Waals surface area (Å²) in [6.45, 7) is 2.10. The standard InChI is InChI=1S/C12H14O/c1-9-3-5-10(6-4-9)12(13-2)11-7-8-11/h3-6H,7-8H2,1-2H3. The molecule has 0 spiro atoms. The topological polar surface area (TPSA) is 9.23 Å². The second-order valence-electron chi connectivity index (χ2n) is 3.50. The number of benzene rings is 1. The Kier molecular flexibility index (Phi) is 2.09. The van der Waals surface area contributed by atoms with Crippen molar-refractivity contribution in [1.82, 2.24) is 0 Å². The fraction of sp³-hybridized carbons (Fsp3) is 0.333. The van der Waals surface area contributed by atoms with E-state index >= 15 is 0 Å². The minimum absolute atomic E-state index is 1.08. The quantitative estimate of drug-likeness (QED) is 0.626. The zero-order valence-corrected chi connectivity index (χ0v) is 8.13. The van der Waals surface area contributed by atoms with E-state index < -0.39 is 0 Å². The molecule has 0 unspecified atom stereocenters. The van der Waals surface area contributed by atoms with Crippen LogP contribution in [-0.2, 0) is 4.74 Å². The first-order valence-corrected chi connectivity index (χ1v) is 4.64. The van der Waals surface area contributed by atoms with Gasteiger partial charge in [-0.15, -0.1) is 0 Å². The van der Waals surface area contributed by atoms with Gasteiger partial charge < -0.3 is 4.74 Å². The van der Waals surface area contributed by atoms with Gasteiger partial charge >= 0.3 is 0 Å². The second-order valence-corrected chi connectivity index (χ2v) is 3.50. The highest BCUT2D eigenvalue weighted by Gasteiger charge is 2.19. The summed E-state index contributed by atoms with van der Waals surface area (Å²) in [7, 11) is 1.75. The van der Waals surface area contributed by atoms with E-state index in [2.05, 4.69) is 31.2 Å². The summed E-state index contributed by atoms with van der Waals surface area (Å²) in [5.74, 6) is 1.08. The molecule has 1 fully saturated rings. The molecule has 0 saturated heterocycles. The van der Waals surface area contributed by atoms with E-state index in [9.17, 15) is 0 Å². The molecule has 0 amide bonds. The summed E-state index contributed by atoms with van der Waals surface area (Å²) >= 11 is 0. The van der Waals surface area contributed by atoms with E-state index in [0.717, 1.165) is 5.76 Å². The number of aryl methyl sites for hydroxylation is 1. The molecule has 0 N–H and O–H groups in total. The lowest BCUT2D eigenvalue weighted by molar-refractivity contribution is 0.368. The number of hydrogen-bond donors (Lipinski definition) is 0. The van der Waals surface area contributed by atoms with E-state index in [4.69, 9.17) is 4.74 Å². The van der Waals surface area contributed by atoms with Crippen molar-refractivity contribution in [3.05, 3.63) is 41.0 Å². The third kappa shape index (κ3) is 1.74. The Morgan fingerprint density at radius 2 is 1.77 bits per heavy atom. The Morgan fingerprint density at radius 1 is 1.15 bits per heavy atom. The summed E-state index contributed by atoms with van der Waals surface area (Å²) < 4.78 is 5.38. The molecule has 1 aromatic carbocycles. The van der Waals surface area contributed by atoms with Gasteiger partial charge in [-0.25, -0.2) is 0 Å². The van der Waals surface area contributed by atoms with Crippen molar-refractivity contribution in [2.24, 2.45) is 0 Å². The third-order valence-corrected chi connectivity index (χ3v) is 2.34. The predicted molar refractivity (Wildman–Crippen MR) is 54.3 cm³/mol. The first-order chi connectivity index (χ1) is 6.31. The van der Waals surface area contributed by atoms with Gasteiger partial charge in [-0.2, -0.15) is 0 Å². The molecule has 0 atom stereocenters. The van der Waals surface area contributed by atoms with Crippen LogP contribution in [-0.4, -0.2) is 7.11 Å². The molecule has 1 aliphatic rings. The highest BCUT2D eigenvalue weighted by Crippen LogP contribution is 2.36. The molecule has 0 aliphatic heterocycles. The summed E-state index contributed by atoms with van der Waals surface area (Å²) in [5.41, 5.74) is 3.95. The Labute approximate surface area is 79.0 Å². The highest BCUT2D eigenvalue weighted by atomic mass is 16.5. The van der Waals surface area contributed by atoms with Gasteiger partial charge in [0.25, 0.3) is 0 Å². The van der Waals surface area contributed by atoms with Gasteiger partial charge in [-0.3, -0.25) is 0 Å². The fourth-order valence-electron chi connectivity index (χ4n) is 1.46. The first-order valence-electron chi connectivity index (χ1n) is 4.64. The van der Waals surface area contributed by atoms with Crippen molar-refractivity contribution in [1.29, 1.82) is 0 Å². The Hall–Kier alpha value is -1.24. The largest absolute Gasteiger partial charge is 0.496 e.